The molecule has 3 saturated carbocycles. The maximum atomic E-state index is 10.9. The Morgan fingerprint density at radius 2 is 2.05 bits per heavy atom. The summed E-state index contributed by atoms with van der Waals surface area (Å²) in [7, 11) is 0. The summed E-state index contributed by atoms with van der Waals surface area (Å²) in [5.74, 6) is 5.98. The van der Waals surface area contributed by atoms with Crippen LogP contribution in [0.15, 0.2) is 11.6 Å². The first-order valence-corrected chi connectivity index (χ1v) is 8.98. The molecular formula is C20H28O. The minimum Gasteiger partial charge on any atom is -0.377 e. The molecule has 3 fully saturated rings. The summed E-state index contributed by atoms with van der Waals surface area (Å²) in [5, 5.41) is 10.9. The van der Waals surface area contributed by atoms with E-state index >= 15 is 0 Å². The molecule has 0 heterocycles. The first kappa shape index (κ1) is 13.9. The number of fused-ring (bicyclic) bond motifs is 5. The van der Waals surface area contributed by atoms with Gasteiger partial charge in [0.05, 0.1) is 0 Å². The lowest BCUT2D eigenvalue weighted by Crippen LogP contribution is -2.52. The largest absolute Gasteiger partial charge is 0.377 e. The summed E-state index contributed by atoms with van der Waals surface area (Å²) in [5.41, 5.74) is 0.903. The van der Waals surface area contributed by atoms with Crippen molar-refractivity contribution in [1.29, 1.82) is 0 Å². The van der Waals surface area contributed by atoms with Gasteiger partial charge in [-0.25, -0.2) is 0 Å². The van der Waals surface area contributed by atoms with E-state index in [1.165, 1.54) is 38.5 Å². The molecule has 0 amide bonds. The molecule has 0 aromatic rings. The van der Waals surface area contributed by atoms with Crippen LogP contribution in [0.4, 0.5) is 0 Å². The topological polar surface area (TPSA) is 20.2 Å². The van der Waals surface area contributed by atoms with Crippen LogP contribution in [0.5, 0.6) is 0 Å². The van der Waals surface area contributed by atoms with Crippen LogP contribution in [0.1, 0.15) is 64.7 Å². The molecule has 0 unspecified atom stereocenters. The molecule has 21 heavy (non-hydrogen) atoms. The molecule has 4 aliphatic carbocycles. The van der Waals surface area contributed by atoms with Gasteiger partial charge in [-0.1, -0.05) is 24.5 Å². The number of hydrogen-bond donors (Lipinski definition) is 1. The molecule has 0 aromatic carbocycles. The molecule has 0 radical (unpaired) electrons. The van der Waals surface area contributed by atoms with Crippen molar-refractivity contribution in [3.8, 4) is 12.3 Å². The molecule has 4 aliphatic rings. The Kier molecular flexibility index (Phi) is 3.06. The molecule has 6 atom stereocenters. The van der Waals surface area contributed by atoms with E-state index in [1.807, 2.05) is 0 Å². The summed E-state index contributed by atoms with van der Waals surface area (Å²) in [6.07, 6.45) is 19.4. The Morgan fingerprint density at radius 3 is 2.86 bits per heavy atom. The highest BCUT2D eigenvalue weighted by Crippen LogP contribution is 2.64. The first-order valence-electron chi connectivity index (χ1n) is 8.98. The van der Waals surface area contributed by atoms with Crippen molar-refractivity contribution in [2.75, 3.05) is 0 Å². The summed E-state index contributed by atoms with van der Waals surface area (Å²) < 4.78 is 0. The summed E-state index contributed by atoms with van der Waals surface area (Å²) in [6.45, 7) is 2.28. The van der Waals surface area contributed by atoms with Crippen molar-refractivity contribution in [1.82, 2.24) is 0 Å². The lowest BCUT2D eigenvalue weighted by Gasteiger charge is -2.54. The lowest BCUT2D eigenvalue weighted by molar-refractivity contribution is -0.0857. The van der Waals surface area contributed by atoms with Crippen LogP contribution in [0.2, 0.25) is 0 Å². The second-order valence-corrected chi connectivity index (χ2v) is 8.29. The van der Waals surface area contributed by atoms with Gasteiger partial charge in [0, 0.05) is 5.41 Å². The van der Waals surface area contributed by atoms with Crippen LogP contribution in [0.25, 0.3) is 0 Å². The van der Waals surface area contributed by atoms with E-state index < -0.39 is 5.60 Å². The van der Waals surface area contributed by atoms with Crippen molar-refractivity contribution in [2.45, 2.75) is 70.3 Å². The number of allylic oxidation sites excluding steroid dienone is 2. The van der Waals surface area contributed by atoms with Crippen LogP contribution < -0.4 is 0 Å². The van der Waals surface area contributed by atoms with Gasteiger partial charge in [0.15, 0.2) is 0 Å². The Bertz CT molecular complexity index is 512. The third-order valence-electron chi connectivity index (χ3n) is 7.77. The molecule has 0 spiro atoms. The standard InChI is InChI=1S/C20H28O/c1-3-20(21)13-11-18-17-9-8-14-6-4-5-7-15(14)16(17)10-12-19(18,20)2/h1,6,15-18,21H,4-5,7-13H2,2H3/t15-,16+,17+,18+,19-,20-/m0/s1. The number of rotatable bonds is 0. The van der Waals surface area contributed by atoms with Gasteiger partial charge < -0.3 is 5.11 Å². The highest BCUT2D eigenvalue weighted by molar-refractivity contribution is 5.25. The number of aliphatic hydroxyl groups is 1. The van der Waals surface area contributed by atoms with Crippen LogP contribution in [0.3, 0.4) is 0 Å². The van der Waals surface area contributed by atoms with E-state index in [1.54, 1.807) is 5.57 Å². The van der Waals surface area contributed by atoms with Gasteiger partial charge in [-0.15, -0.1) is 6.42 Å². The van der Waals surface area contributed by atoms with E-state index in [2.05, 4.69) is 18.9 Å². The quantitative estimate of drug-likeness (QED) is 0.519. The molecule has 0 aliphatic heterocycles. The fraction of sp³-hybridized carbons (Fsp3) is 0.800. The second-order valence-electron chi connectivity index (χ2n) is 8.29. The average molecular weight is 284 g/mol. The van der Waals surface area contributed by atoms with Crippen LogP contribution in [-0.2, 0) is 0 Å². The molecular weight excluding hydrogens is 256 g/mol. The van der Waals surface area contributed by atoms with Crippen molar-refractivity contribution in [3.63, 3.8) is 0 Å². The van der Waals surface area contributed by atoms with Crippen LogP contribution in [0, 0.1) is 41.4 Å². The zero-order chi connectivity index (χ0) is 14.7. The Morgan fingerprint density at radius 1 is 1.19 bits per heavy atom. The monoisotopic (exact) mass is 284 g/mol. The molecule has 0 aromatic heterocycles. The molecule has 1 heteroatoms. The van der Waals surface area contributed by atoms with Crippen molar-refractivity contribution in [2.24, 2.45) is 29.1 Å². The van der Waals surface area contributed by atoms with Crippen LogP contribution >= 0.6 is 0 Å². The van der Waals surface area contributed by atoms with E-state index in [0.29, 0.717) is 5.92 Å². The zero-order valence-electron chi connectivity index (χ0n) is 13.3. The van der Waals surface area contributed by atoms with Gasteiger partial charge in [-0.2, -0.15) is 0 Å². The molecule has 114 valence electrons. The SMILES string of the molecule is C#C[C@]1(O)CC[C@@H]2[C@@H]3CCC4=CCCC[C@@H]4[C@H]3CC[C@@]21C. The normalized spacial score (nSPS) is 52.1. The molecule has 0 bridgehead atoms. The van der Waals surface area contributed by atoms with E-state index in [4.69, 9.17) is 6.42 Å². The third-order valence-corrected chi connectivity index (χ3v) is 7.77. The minimum atomic E-state index is -0.842. The second kappa shape index (κ2) is 4.63. The predicted octanol–water partition coefficient (Wildman–Crippen LogP) is 4.31. The average Bonchev–Trinajstić information content (AvgIpc) is 2.79. The van der Waals surface area contributed by atoms with Gasteiger partial charge in [0.25, 0.3) is 0 Å². The summed E-state index contributed by atoms with van der Waals surface area (Å²) in [4.78, 5) is 0. The molecule has 0 saturated heterocycles. The molecule has 4 rings (SSSR count). The van der Waals surface area contributed by atoms with E-state index in [9.17, 15) is 5.11 Å². The van der Waals surface area contributed by atoms with Gasteiger partial charge in [-0.05, 0) is 81.5 Å². The number of terminal acetylenes is 1. The van der Waals surface area contributed by atoms with Crippen molar-refractivity contribution >= 4 is 0 Å². The molecule has 1 nitrogen and oxygen atoms in total. The predicted molar refractivity (Wildman–Crippen MR) is 85.5 cm³/mol. The Labute approximate surface area is 129 Å². The zero-order valence-corrected chi connectivity index (χ0v) is 13.3. The van der Waals surface area contributed by atoms with Gasteiger partial charge in [0.2, 0.25) is 0 Å². The lowest BCUT2D eigenvalue weighted by atomic mass is 9.50. The third kappa shape index (κ3) is 1.75. The first-order chi connectivity index (χ1) is 10.1. The van der Waals surface area contributed by atoms with Gasteiger partial charge in [0.1, 0.15) is 5.60 Å². The maximum absolute atomic E-state index is 10.9. The molecule has 1 N–H and O–H groups in total. The van der Waals surface area contributed by atoms with E-state index in [0.717, 1.165) is 37.0 Å². The Balaban J connectivity index is 1.66. The van der Waals surface area contributed by atoms with Crippen LogP contribution in [-0.4, -0.2) is 10.7 Å². The van der Waals surface area contributed by atoms with Gasteiger partial charge in [-0.3, -0.25) is 0 Å². The number of hydrogen-bond acceptors (Lipinski definition) is 1. The minimum absolute atomic E-state index is 0.0290. The van der Waals surface area contributed by atoms with Gasteiger partial charge >= 0.3 is 0 Å². The highest BCUT2D eigenvalue weighted by Gasteiger charge is 2.61. The smallest absolute Gasteiger partial charge is 0.130 e. The van der Waals surface area contributed by atoms with E-state index in [-0.39, 0.29) is 5.41 Å². The van der Waals surface area contributed by atoms with Crippen molar-refractivity contribution in [3.05, 3.63) is 11.6 Å². The van der Waals surface area contributed by atoms with Crippen molar-refractivity contribution < 1.29 is 5.11 Å². The fourth-order valence-electron chi connectivity index (χ4n) is 6.56. The summed E-state index contributed by atoms with van der Waals surface area (Å²) in [6, 6.07) is 0. The summed E-state index contributed by atoms with van der Waals surface area (Å²) >= 11 is 0. The Hall–Kier alpha value is -0.740. The fourth-order valence-corrected chi connectivity index (χ4v) is 6.56. The highest BCUT2D eigenvalue weighted by atomic mass is 16.3. The maximum Gasteiger partial charge on any atom is 0.130 e.